The molecule has 3 unspecified atom stereocenters. The molecule has 0 N–H and O–H groups in total. The molecule has 1 aromatic carbocycles. The van der Waals surface area contributed by atoms with Crippen LogP contribution in [-0.4, -0.2) is 42.7 Å². The second-order valence-corrected chi connectivity index (χ2v) is 7.23. The van der Waals surface area contributed by atoms with Gasteiger partial charge >= 0.3 is 0 Å². The van der Waals surface area contributed by atoms with E-state index in [1.165, 1.54) is 0 Å². The van der Waals surface area contributed by atoms with Gasteiger partial charge in [-0.15, -0.1) is 0 Å². The van der Waals surface area contributed by atoms with E-state index in [1.54, 1.807) is 7.11 Å². The van der Waals surface area contributed by atoms with Crippen LogP contribution in [0.25, 0.3) is 16.7 Å². The number of carbonyl (C=O) groups excluding carboxylic acids is 1. The fraction of sp³-hybridized carbons (Fsp3) is 0.455. The summed E-state index contributed by atoms with van der Waals surface area (Å²) >= 11 is 0. The summed E-state index contributed by atoms with van der Waals surface area (Å²) in [4.78, 5) is 18.5. The van der Waals surface area contributed by atoms with Crippen LogP contribution in [0, 0.1) is 5.92 Å². The van der Waals surface area contributed by atoms with Crippen LogP contribution in [-0.2, 0) is 9.53 Å². The lowest BCUT2D eigenvalue weighted by atomic mass is 10.0. The van der Waals surface area contributed by atoms with Crippen molar-refractivity contribution in [3.8, 4) is 0 Å². The van der Waals surface area contributed by atoms with E-state index in [-0.39, 0.29) is 12.1 Å². The van der Waals surface area contributed by atoms with Gasteiger partial charge in [-0.3, -0.25) is 4.99 Å². The zero-order chi connectivity index (χ0) is 19.6. The molecule has 0 saturated carbocycles. The lowest BCUT2D eigenvalue weighted by molar-refractivity contribution is -0.110. The number of likely N-dealkylation sites (tertiary alicyclic amines) is 1. The number of methoxy groups -OCH3 is 1. The molecule has 1 fully saturated rings. The Morgan fingerprint density at radius 3 is 2.89 bits per heavy atom. The highest BCUT2D eigenvalue weighted by Gasteiger charge is 2.35. The van der Waals surface area contributed by atoms with Crippen molar-refractivity contribution in [1.82, 2.24) is 4.90 Å². The standard InChI is InChI=1S/C22H28N2O3/c1-6-14(2)15(3)23-21-19-9-7-8-10-20(19)27-22(21)16(4)24-12-18(26-5)11-17(24)13-25/h7-10,13-14,17-18H,4,6,11-12H2,1-3,5H3. The lowest BCUT2D eigenvalue weighted by Crippen LogP contribution is -2.29. The normalized spacial score (nSPS) is 21.6. The minimum absolute atomic E-state index is 0.00938. The number of furan rings is 1. The second-order valence-electron chi connectivity index (χ2n) is 7.23. The Balaban J connectivity index is 2.07. The Bertz CT molecular complexity index is 868. The van der Waals surface area contributed by atoms with E-state index in [1.807, 2.05) is 36.1 Å². The number of nitrogens with zero attached hydrogens (tertiary/aromatic N) is 2. The third-order valence-corrected chi connectivity index (χ3v) is 5.59. The molecule has 3 rings (SSSR count). The molecule has 5 nitrogen and oxygen atoms in total. The van der Waals surface area contributed by atoms with E-state index in [0.29, 0.717) is 30.3 Å². The first-order valence-electron chi connectivity index (χ1n) is 9.50. The van der Waals surface area contributed by atoms with E-state index in [4.69, 9.17) is 14.1 Å². The number of ether oxygens (including phenoxy) is 1. The molecule has 1 aliphatic heterocycles. The van der Waals surface area contributed by atoms with E-state index < -0.39 is 0 Å². The molecule has 27 heavy (non-hydrogen) atoms. The maximum Gasteiger partial charge on any atom is 0.176 e. The number of fused-ring (bicyclic) bond motifs is 1. The Morgan fingerprint density at radius 2 is 2.22 bits per heavy atom. The highest BCUT2D eigenvalue weighted by Crippen LogP contribution is 2.40. The highest BCUT2D eigenvalue weighted by atomic mass is 16.5. The summed E-state index contributed by atoms with van der Waals surface area (Å²) in [5.41, 5.74) is 3.30. The molecule has 144 valence electrons. The van der Waals surface area contributed by atoms with Gasteiger partial charge in [-0.25, -0.2) is 0 Å². The fourth-order valence-corrected chi connectivity index (χ4v) is 3.49. The summed E-state index contributed by atoms with van der Waals surface area (Å²) in [5.74, 6) is 1.01. The minimum Gasteiger partial charge on any atom is -0.452 e. The molecule has 1 saturated heterocycles. The van der Waals surface area contributed by atoms with Gasteiger partial charge in [-0.05, 0) is 31.4 Å². The first-order valence-corrected chi connectivity index (χ1v) is 9.50. The number of hydrogen-bond donors (Lipinski definition) is 0. The summed E-state index contributed by atoms with van der Waals surface area (Å²) in [5, 5.41) is 0.960. The van der Waals surface area contributed by atoms with Crippen LogP contribution in [0.5, 0.6) is 0 Å². The van der Waals surface area contributed by atoms with E-state index >= 15 is 0 Å². The molecular weight excluding hydrogens is 340 g/mol. The fourth-order valence-electron chi connectivity index (χ4n) is 3.49. The third kappa shape index (κ3) is 3.69. The Morgan fingerprint density at radius 1 is 1.48 bits per heavy atom. The molecule has 0 radical (unpaired) electrons. The zero-order valence-electron chi connectivity index (χ0n) is 16.6. The Hall–Kier alpha value is -2.40. The van der Waals surface area contributed by atoms with Crippen molar-refractivity contribution in [3.05, 3.63) is 36.6 Å². The van der Waals surface area contributed by atoms with Crippen molar-refractivity contribution in [2.45, 2.75) is 45.8 Å². The smallest absolute Gasteiger partial charge is 0.176 e. The van der Waals surface area contributed by atoms with Gasteiger partial charge in [0.1, 0.15) is 17.6 Å². The van der Waals surface area contributed by atoms with Crippen molar-refractivity contribution in [3.63, 3.8) is 0 Å². The minimum atomic E-state index is -0.261. The monoisotopic (exact) mass is 368 g/mol. The topological polar surface area (TPSA) is 55.0 Å². The van der Waals surface area contributed by atoms with Crippen LogP contribution in [0.15, 0.2) is 40.3 Å². The largest absolute Gasteiger partial charge is 0.452 e. The number of carbonyl (C=O) groups is 1. The third-order valence-electron chi connectivity index (χ3n) is 5.59. The summed E-state index contributed by atoms with van der Waals surface area (Å²) in [7, 11) is 1.67. The average molecular weight is 368 g/mol. The van der Waals surface area contributed by atoms with Gasteiger partial charge in [0.2, 0.25) is 0 Å². The van der Waals surface area contributed by atoms with Crippen molar-refractivity contribution in [1.29, 1.82) is 0 Å². The number of hydrogen-bond acceptors (Lipinski definition) is 5. The first-order chi connectivity index (χ1) is 13.0. The molecular formula is C22H28N2O3. The first kappa shape index (κ1) is 19.4. The van der Waals surface area contributed by atoms with Crippen LogP contribution in [0.2, 0.25) is 0 Å². The van der Waals surface area contributed by atoms with Crippen molar-refractivity contribution in [2.24, 2.45) is 10.9 Å². The molecule has 0 amide bonds. The molecule has 5 heteroatoms. The predicted octanol–water partition coefficient (Wildman–Crippen LogP) is 4.83. The number of rotatable bonds is 7. The van der Waals surface area contributed by atoms with Crippen molar-refractivity contribution >= 4 is 34.4 Å². The maximum absolute atomic E-state index is 11.6. The summed E-state index contributed by atoms with van der Waals surface area (Å²) in [6, 6.07) is 7.61. The van der Waals surface area contributed by atoms with Crippen molar-refractivity contribution in [2.75, 3.05) is 13.7 Å². The molecule has 1 aliphatic rings. The molecule has 0 spiro atoms. The quantitative estimate of drug-likeness (QED) is 0.519. The van der Waals surface area contributed by atoms with Crippen molar-refractivity contribution < 1.29 is 13.9 Å². The number of aldehydes is 1. The van der Waals surface area contributed by atoms with Gasteiger partial charge in [0.05, 0.1) is 17.8 Å². The van der Waals surface area contributed by atoms with Crippen LogP contribution < -0.4 is 0 Å². The molecule has 3 atom stereocenters. The maximum atomic E-state index is 11.6. The molecule has 1 aromatic heterocycles. The summed E-state index contributed by atoms with van der Waals surface area (Å²) in [6.45, 7) is 11.2. The van der Waals surface area contributed by atoms with Gasteiger partial charge in [-0.1, -0.05) is 32.6 Å². The average Bonchev–Trinajstić information content (AvgIpc) is 3.28. The molecule has 0 aliphatic carbocycles. The lowest BCUT2D eigenvalue weighted by Gasteiger charge is -2.23. The van der Waals surface area contributed by atoms with Gasteiger partial charge in [0.15, 0.2) is 5.76 Å². The Kier molecular flexibility index (Phi) is 5.80. The predicted molar refractivity (Wildman–Crippen MR) is 109 cm³/mol. The van der Waals surface area contributed by atoms with Gasteiger partial charge in [0.25, 0.3) is 0 Å². The van der Waals surface area contributed by atoms with E-state index in [0.717, 1.165) is 35.1 Å². The highest BCUT2D eigenvalue weighted by molar-refractivity contribution is 5.99. The van der Waals surface area contributed by atoms with Gasteiger partial charge < -0.3 is 18.8 Å². The zero-order valence-corrected chi connectivity index (χ0v) is 16.6. The Labute approximate surface area is 160 Å². The number of para-hydroxylation sites is 1. The summed E-state index contributed by atoms with van der Waals surface area (Å²) < 4.78 is 11.6. The van der Waals surface area contributed by atoms with Crippen LogP contribution in [0.3, 0.4) is 0 Å². The van der Waals surface area contributed by atoms with Gasteiger partial charge in [-0.2, -0.15) is 0 Å². The molecule has 2 aromatic rings. The van der Waals surface area contributed by atoms with E-state index in [2.05, 4.69) is 20.4 Å². The second kappa shape index (κ2) is 8.09. The number of benzene rings is 1. The van der Waals surface area contributed by atoms with Crippen LogP contribution in [0.1, 0.15) is 39.4 Å². The molecule has 2 heterocycles. The van der Waals surface area contributed by atoms with Gasteiger partial charge in [0, 0.05) is 31.2 Å². The summed E-state index contributed by atoms with van der Waals surface area (Å²) in [6.07, 6.45) is 2.65. The van der Waals surface area contributed by atoms with Crippen LogP contribution in [0.4, 0.5) is 5.69 Å². The van der Waals surface area contributed by atoms with E-state index in [9.17, 15) is 4.79 Å². The van der Waals surface area contributed by atoms with Crippen LogP contribution >= 0.6 is 0 Å². The number of aliphatic imine (C=N–C) groups is 1. The molecule has 0 bridgehead atoms. The SMILES string of the molecule is C=C(c1oc2ccccc2c1N=C(C)C(C)CC)N1CC(OC)CC1C=O.